The smallest absolute Gasteiger partial charge is 0.290 e. The molecular formula is C19H21FN2O3. The van der Waals surface area contributed by atoms with E-state index in [1.165, 1.54) is 18.4 Å². The third-order valence-corrected chi connectivity index (χ3v) is 4.53. The maximum atomic E-state index is 13.0. The second-order valence-electron chi connectivity index (χ2n) is 6.27. The Morgan fingerprint density at radius 1 is 1.24 bits per heavy atom. The van der Waals surface area contributed by atoms with E-state index in [9.17, 15) is 14.0 Å². The molecule has 0 spiro atoms. The van der Waals surface area contributed by atoms with Gasteiger partial charge in [-0.2, -0.15) is 0 Å². The number of amides is 2. The molecule has 1 N–H and O–H groups in total. The van der Waals surface area contributed by atoms with Crippen LogP contribution in [0.4, 0.5) is 4.39 Å². The summed E-state index contributed by atoms with van der Waals surface area (Å²) in [6.45, 7) is 2.37. The van der Waals surface area contributed by atoms with E-state index in [1.54, 1.807) is 29.2 Å². The number of nitrogens with one attached hydrogen (secondary N) is 1. The molecule has 1 aliphatic heterocycles. The van der Waals surface area contributed by atoms with Crippen LogP contribution in [0.25, 0.3) is 0 Å². The zero-order valence-corrected chi connectivity index (χ0v) is 14.1. The fourth-order valence-electron chi connectivity index (χ4n) is 3.13. The lowest BCUT2D eigenvalue weighted by Crippen LogP contribution is -2.52. The van der Waals surface area contributed by atoms with Gasteiger partial charge in [-0.3, -0.25) is 9.59 Å². The van der Waals surface area contributed by atoms with Crippen molar-refractivity contribution in [2.75, 3.05) is 6.54 Å². The van der Waals surface area contributed by atoms with Gasteiger partial charge in [-0.1, -0.05) is 12.1 Å². The molecule has 1 aliphatic rings. The number of nitrogens with zero attached hydrogens (tertiary/aromatic N) is 1. The van der Waals surface area contributed by atoms with Crippen LogP contribution in [0.1, 0.15) is 48.3 Å². The highest BCUT2D eigenvalue weighted by molar-refractivity contribution is 5.95. The van der Waals surface area contributed by atoms with Crippen LogP contribution in [0.3, 0.4) is 0 Å². The monoisotopic (exact) mass is 344 g/mol. The molecule has 0 bridgehead atoms. The van der Waals surface area contributed by atoms with Gasteiger partial charge in [0.05, 0.1) is 12.3 Å². The molecule has 2 atom stereocenters. The summed E-state index contributed by atoms with van der Waals surface area (Å²) in [5, 5.41) is 2.93. The van der Waals surface area contributed by atoms with Gasteiger partial charge >= 0.3 is 0 Å². The summed E-state index contributed by atoms with van der Waals surface area (Å²) in [7, 11) is 0. The molecule has 1 aromatic carbocycles. The zero-order valence-electron chi connectivity index (χ0n) is 14.1. The Kier molecular flexibility index (Phi) is 5.16. The molecule has 132 valence electrons. The highest BCUT2D eigenvalue weighted by Gasteiger charge is 2.34. The number of carbonyl (C=O) groups excluding carboxylic acids is 2. The number of rotatable bonds is 4. The Morgan fingerprint density at radius 3 is 2.68 bits per heavy atom. The van der Waals surface area contributed by atoms with E-state index in [4.69, 9.17) is 4.42 Å². The van der Waals surface area contributed by atoms with Gasteiger partial charge in [0.15, 0.2) is 5.76 Å². The number of halogens is 1. The fraction of sp³-hybridized carbons (Fsp3) is 0.368. The Bertz CT molecular complexity index is 728. The molecule has 1 aromatic heterocycles. The van der Waals surface area contributed by atoms with Crippen LogP contribution in [-0.4, -0.2) is 29.3 Å². The van der Waals surface area contributed by atoms with Crippen LogP contribution in [0.2, 0.25) is 0 Å². The molecule has 1 fully saturated rings. The van der Waals surface area contributed by atoms with Crippen LogP contribution < -0.4 is 5.32 Å². The summed E-state index contributed by atoms with van der Waals surface area (Å²) in [6.07, 6.45) is 3.83. The van der Waals surface area contributed by atoms with E-state index in [0.717, 1.165) is 18.4 Å². The van der Waals surface area contributed by atoms with Crippen molar-refractivity contribution in [3.8, 4) is 0 Å². The van der Waals surface area contributed by atoms with Crippen LogP contribution in [-0.2, 0) is 4.79 Å². The van der Waals surface area contributed by atoms with Gasteiger partial charge in [0.1, 0.15) is 11.9 Å². The van der Waals surface area contributed by atoms with E-state index in [-0.39, 0.29) is 29.4 Å². The molecule has 6 heteroatoms. The summed E-state index contributed by atoms with van der Waals surface area (Å²) >= 11 is 0. The Morgan fingerprint density at radius 2 is 2.00 bits per heavy atom. The van der Waals surface area contributed by atoms with Crippen molar-refractivity contribution < 1.29 is 18.4 Å². The average Bonchev–Trinajstić information content (AvgIpc) is 3.16. The lowest BCUT2D eigenvalue weighted by molar-refractivity contribution is -0.127. The van der Waals surface area contributed by atoms with Crippen molar-refractivity contribution in [3.05, 3.63) is 59.8 Å². The highest BCUT2D eigenvalue weighted by Crippen LogP contribution is 2.21. The van der Waals surface area contributed by atoms with E-state index in [2.05, 4.69) is 5.32 Å². The Balaban J connectivity index is 1.70. The van der Waals surface area contributed by atoms with E-state index < -0.39 is 6.04 Å². The van der Waals surface area contributed by atoms with Gasteiger partial charge in [0, 0.05) is 6.54 Å². The lowest BCUT2D eigenvalue weighted by atomic mass is 10.00. The maximum Gasteiger partial charge on any atom is 0.290 e. The van der Waals surface area contributed by atoms with Gasteiger partial charge < -0.3 is 14.6 Å². The minimum absolute atomic E-state index is 0.198. The zero-order chi connectivity index (χ0) is 17.8. The summed E-state index contributed by atoms with van der Waals surface area (Å²) < 4.78 is 18.2. The standard InChI is InChI=1S/C19H21FN2O3/c1-13(14-7-9-15(20)10-8-14)21-18(23)16-5-2-3-11-22(16)19(24)17-6-4-12-25-17/h4,6-10,12-13,16H,2-3,5,11H2,1H3,(H,21,23)/t13-,16-/m0/s1. The molecule has 0 saturated carbocycles. The third kappa shape index (κ3) is 3.90. The number of piperidine rings is 1. The van der Waals surface area contributed by atoms with Gasteiger partial charge in [-0.15, -0.1) is 0 Å². The van der Waals surface area contributed by atoms with E-state index in [1.807, 2.05) is 6.92 Å². The minimum Gasteiger partial charge on any atom is -0.459 e. The summed E-state index contributed by atoms with van der Waals surface area (Å²) in [6, 6.07) is 8.50. The SMILES string of the molecule is C[C@H](NC(=O)[C@@H]1CCCCN1C(=O)c1ccco1)c1ccc(F)cc1. The maximum absolute atomic E-state index is 13.0. The third-order valence-electron chi connectivity index (χ3n) is 4.53. The van der Waals surface area contributed by atoms with Crippen molar-refractivity contribution in [2.45, 2.75) is 38.3 Å². The molecule has 0 aliphatic carbocycles. The number of hydrogen-bond donors (Lipinski definition) is 1. The van der Waals surface area contributed by atoms with Crippen LogP contribution >= 0.6 is 0 Å². The molecule has 1 saturated heterocycles. The van der Waals surface area contributed by atoms with Gasteiger partial charge in [-0.05, 0) is 56.0 Å². The Labute approximate surface area is 145 Å². The first kappa shape index (κ1) is 17.2. The number of benzene rings is 1. The molecule has 0 unspecified atom stereocenters. The first-order valence-corrected chi connectivity index (χ1v) is 8.46. The molecule has 2 heterocycles. The molecular weight excluding hydrogens is 323 g/mol. The molecule has 2 amide bonds. The highest BCUT2D eigenvalue weighted by atomic mass is 19.1. The number of likely N-dealkylation sites (tertiary alicyclic amines) is 1. The van der Waals surface area contributed by atoms with Gasteiger partial charge in [0.2, 0.25) is 5.91 Å². The van der Waals surface area contributed by atoms with Crippen molar-refractivity contribution in [2.24, 2.45) is 0 Å². The van der Waals surface area contributed by atoms with E-state index >= 15 is 0 Å². The molecule has 25 heavy (non-hydrogen) atoms. The van der Waals surface area contributed by atoms with Crippen molar-refractivity contribution >= 4 is 11.8 Å². The molecule has 5 nitrogen and oxygen atoms in total. The number of furan rings is 1. The largest absolute Gasteiger partial charge is 0.459 e. The van der Waals surface area contributed by atoms with E-state index in [0.29, 0.717) is 13.0 Å². The predicted octanol–water partition coefficient (Wildman–Crippen LogP) is 3.29. The summed E-state index contributed by atoms with van der Waals surface area (Å²) in [5.41, 5.74) is 0.814. The summed E-state index contributed by atoms with van der Waals surface area (Å²) in [5.74, 6) is -0.535. The number of carbonyl (C=O) groups is 2. The normalized spacial score (nSPS) is 18.6. The predicted molar refractivity (Wildman–Crippen MR) is 90.3 cm³/mol. The topological polar surface area (TPSA) is 62.6 Å². The fourth-order valence-corrected chi connectivity index (χ4v) is 3.13. The quantitative estimate of drug-likeness (QED) is 0.926. The second-order valence-corrected chi connectivity index (χ2v) is 6.27. The van der Waals surface area contributed by atoms with Crippen molar-refractivity contribution in [3.63, 3.8) is 0 Å². The summed E-state index contributed by atoms with van der Waals surface area (Å²) in [4.78, 5) is 26.9. The molecule has 0 radical (unpaired) electrons. The van der Waals surface area contributed by atoms with Crippen LogP contribution in [0.5, 0.6) is 0 Å². The minimum atomic E-state index is -0.519. The van der Waals surface area contributed by atoms with Gasteiger partial charge in [-0.25, -0.2) is 4.39 Å². The molecule has 2 aromatic rings. The van der Waals surface area contributed by atoms with Crippen molar-refractivity contribution in [1.29, 1.82) is 0 Å². The van der Waals surface area contributed by atoms with Crippen molar-refractivity contribution in [1.82, 2.24) is 10.2 Å². The Hall–Kier alpha value is -2.63. The van der Waals surface area contributed by atoms with Crippen LogP contribution in [0.15, 0.2) is 47.1 Å². The molecule has 3 rings (SSSR count). The second kappa shape index (κ2) is 7.51. The van der Waals surface area contributed by atoms with Crippen LogP contribution in [0, 0.1) is 5.82 Å². The lowest BCUT2D eigenvalue weighted by Gasteiger charge is -2.34. The van der Waals surface area contributed by atoms with Gasteiger partial charge in [0.25, 0.3) is 5.91 Å². The first-order chi connectivity index (χ1) is 12.1. The number of hydrogen-bond acceptors (Lipinski definition) is 3. The average molecular weight is 344 g/mol. The first-order valence-electron chi connectivity index (χ1n) is 8.46.